The van der Waals surface area contributed by atoms with Crippen molar-refractivity contribution in [2.24, 2.45) is 23.7 Å². The predicted octanol–water partition coefficient (Wildman–Crippen LogP) is 2.40. The molecule has 8 heteroatoms. The first-order valence-corrected chi connectivity index (χ1v) is 15.5. The summed E-state index contributed by atoms with van der Waals surface area (Å²) in [6.07, 6.45) is 10.3. The van der Waals surface area contributed by atoms with E-state index in [0.717, 1.165) is 57.9 Å². The van der Waals surface area contributed by atoms with E-state index in [1.54, 1.807) is 0 Å². The molecule has 1 aliphatic carbocycles. The third-order valence-corrected chi connectivity index (χ3v) is 10.4. The lowest BCUT2D eigenvalue weighted by molar-refractivity contribution is -0.143. The highest BCUT2D eigenvalue weighted by molar-refractivity contribution is 5.68. The van der Waals surface area contributed by atoms with E-state index in [1.807, 2.05) is 0 Å². The Hall–Kier alpha value is -1.21. The number of rotatable bonds is 5. The van der Waals surface area contributed by atoms with Gasteiger partial charge in [-0.05, 0) is 109 Å². The van der Waals surface area contributed by atoms with Gasteiger partial charge in [0.1, 0.15) is 0 Å². The van der Waals surface area contributed by atoms with Crippen molar-refractivity contribution in [3.8, 4) is 11.8 Å². The van der Waals surface area contributed by atoms with Crippen molar-refractivity contribution >= 4 is 5.97 Å². The van der Waals surface area contributed by atoms with Crippen LogP contribution in [-0.4, -0.2) is 81.5 Å². The van der Waals surface area contributed by atoms with Crippen LogP contribution in [0.3, 0.4) is 0 Å². The van der Waals surface area contributed by atoms with Gasteiger partial charge >= 0.3 is 5.97 Å². The number of carboxylic acids is 1. The molecule has 4 rings (SSSR count). The third-order valence-electron chi connectivity index (χ3n) is 10.4. The van der Waals surface area contributed by atoms with Crippen molar-refractivity contribution in [1.82, 2.24) is 16.0 Å². The Labute approximate surface area is 235 Å². The van der Waals surface area contributed by atoms with Gasteiger partial charge in [-0.2, -0.15) is 0 Å². The maximum absolute atomic E-state index is 11.6. The van der Waals surface area contributed by atoms with Crippen LogP contribution in [0.15, 0.2) is 0 Å². The van der Waals surface area contributed by atoms with Gasteiger partial charge < -0.3 is 36.4 Å². The number of piperidine rings is 2. The highest BCUT2D eigenvalue weighted by Crippen LogP contribution is 2.40. The minimum absolute atomic E-state index is 0.0131. The second-order valence-electron chi connectivity index (χ2n) is 13.7. The zero-order valence-corrected chi connectivity index (χ0v) is 24.1. The van der Waals surface area contributed by atoms with E-state index < -0.39 is 11.6 Å². The Kier molecular flexibility index (Phi) is 10.7. The number of carbonyl (C=O) groups is 1. The van der Waals surface area contributed by atoms with Crippen molar-refractivity contribution in [2.45, 2.75) is 133 Å². The molecular weight excluding hydrogens is 494 g/mol. The molecule has 0 unspecified atom stereocenters. The van der Waals surface area contributed by atoms with Crippen LogP contribution in [0.25, 0.3) is 0 Å². The van der Waals surface area contributed by atoms with Gasteiger partial charge in [0.15, 0.2) is 0 Å². The molecular formula is C31H53N3O5. The van der Waals surface area contributed by atoms with E-state index >= 15 is 0 Å². The average Bonchev–Trinajstić information content (AvgIpc) is 2.90. The maximum Gasteiger partial charge on any atom is 0.306 e. The number of carboxylic acid groups (broad SMARTS) is 1. The van der Waals surface area contributed by atoms with Gasteiger partial charge in [-0.1, -0.05) is 5.92 Å². The molecule has 7 N–H and O–H groups in total. The molecule has 8 nitrogen and oxygen atoms in total. The van der Waals surface area contributed by atoms with Gasteiger partial charge in [0.05, 0.1) is 18.1 Å². The summed E-state index contributed by atoms with van der Waals surface area (Å²) in [7, 11) is 0. The van der Waals surface area contributed by atoms with Crippen LogP contribution < -0.4 is 16.0 Å². The van der Waals surface area contributed by atoms with E-state index in [9.17, 15) is 25.2 Å². The highest BCUT2D eigenvalue weighted by atomic mass is 16.4. The Bertz CT molecular complexity index is 868. The standard InChI is InChI=1S/C31H53N3O5/c1-21-28(36)11-10-27(34-21)24-8-6-23(7-9-24)25-4-3-5-26-17-30(2,14-15-32-26)33-20-31(39,18-29(37)38)13-12-22(16-25)19-35/h21-28,32-36,39H,5-20H2,1-2H3,(H,37,38)/t21-,22-,23?,24?,25+,26+,27-,28+,30+,31+/m0/s1. The normalized spacial score (nSPS) is 44.4. The van der Waals surface area contributed by atoms with E-state index in [4.69, 9.17) is 0 Å². The molecule has 0 radical (unpaired) electrons. The molecule has 0 spiro atoms. The lowest BCUT2D eigenvalue weighted by Crippen LogP contribution is -2.57. The predicted molar refractivity (Wildman–Crippen MR) is 152 cm³/mol. The largest absolute Gasteiger partial charge is 0.481 e. The lowest BCUT2D eigenvalue weighted by Gasteiger charge is -2.42. The first-order chi connectivity index (χ1) is 18.6. The van der Waals surface area contributed by atoms with Crippen molar-refractivity contribution in [1.29, 1.82) is 0 Å². The summed E-state index contributed by atoms with van der Waals surface area (Å²) >= 11 is 0. The van der Waals surface area contributed by atoms with Gasteiger partial charge in [-0.3, -0.25) is 4.79 Å². The summed E-state index contributed by atoms with van der Waals surface area (Å²) in [6, 6.07) is 0.901. The number of hydrogen-bond donors (Lipinski definition) is 7. The first kappa shape index (κ1) is 30.7. The van der Waals surface area contributed by atoms with Gasteiger partial charge in [0.2, 0.25) is 0 Å². The molecule has 4 aliphatic rings. The monoisotopic (exact) mass is 547 g/mol. The second kappa shape index (κ2) is 13.6. The minimum atomic E-state index is -1.34. The molecule has 0 amide bonds. The molecule has 3 heterocycles. The van der Waals surface area contributed by atoms with Crippen LogP contribution in [0.2, 0.25) is 0 Å². The molecule has 3 aliphatic heterocycles. The van der Waals surface area contributed by atoms with Crippen molar-refractivity contribution in [3.05, 3.63) is 0 Å². The lowest BCUT2D eigenvalue weighted by atomic mass is 9.70. The van der Waals surface area contributed by atoms with Crippen molar-refractivity contribution in [2.75, 3.05) is 19.7 Å². The van der Waals surface area contributed by atoms with Gasteiger partial charge in [0.25, 0.3) is 0 Å². The fraction of sp³-hybridized carbons (Fsp3) is 0.903. The molecule has 3 fully saturated rings. The van der Waals surface area contributed by atoms with E-state index in [1.165, 1.54) is 12.8 Å². The molecule has 1 saturated carbocycles. The fourth-order valence-electron chi connectivity index (χ4n) is 7.73. The van der Waals surface area contributed by atoms with Crippen LogP contribution in [0.5, 0.6) is 0 Å². The van der Waals surface area contributed by atoms with E-state index in [0.29, 0.717) is 30.7 Å². The minimum Gasteiger partial charge on any atom is -0.481 e. The number of aliphatic carboxylic acids is 1. The SMILES string of the molecule is C[C@@H]1N[C@H](C2CCC([C@@H]3C#CC[C@@H]4C[C@@](C)(CCN4)NC[C@](O)(CC(=O)O)CC[C@H](CO)C3)CC2)CC[C@H]1O. The molecule has 2 saturated heterocycles. The quantitative estimate of drug-likeness (QED) is 0.261. The average molecular weight is 548 g/mol. The van der Waals surface area contributed by atoms with Crippen LogP contribution in [0, 0.1) is 35.5 Å². The molecule has 8 atom stereocenters. The van der Waals surface area contributed by atoms with Crippen LogP contribution in [0.1, 0.15) is 97.3 Å². The summed E-state index contributed by atoms with van der Waals surface area (Å²) in [6.45, 7) is 5.39. The topological polar surface area (TPSA) is 134 Å². The number of β-amino-alcohol motifs (C(OH)–C–C–N with tert-alkyl or cyclic N) is 1. The number of aliphatic hydroxyl groups excluding tert-OH is 2. The van der Waals surface area contributed by atoms with Crippen LogP contribution >= 0.6 is 0 Å². The zero-order chi connectivity index (χ0) is 28.0. The van der Waals surface area contributed by atoms with Gasteiger partial charge in [0, 0.05) is 49.2 Å². The molecule has 0 aromatic carbocycles. The maximum atomic E-state index is 11.6. The number of hydrogen-bond acceptors (Lipinski definition) is 7. The number of nitrogens with one attached hydrogen (secondary N) is 3. The molecule has 2 bridgehead atoms. The summed E-state index contributed by atoms with van der Waals surface area (Å²) < 4.78 is 0. The van der Waals surface area contributed by atoms with Gasteiger partial charge in [-0.25, -0.2) is 0 Å². The molecule has 39 heavy (non-hydrogen) atoms. The zero-order valence-electron chi connectivity index (χ0n) is 24.1. The van der Waals surface area contributed by atoms with Gasteiger partial charge in [-0.15, -0.1) is 5.92 Å². The van der Waals surface area contributed by atoms with Crippen molar-refractivity contribution in [3.63, 3.8) is 0 Å². The number of fused-ring (bicyclic) bond motifs is 2. The Balaban J connectivity index is 1.46. The Morgan fingerprint density at radius 1 is 1.05 bits per heavy atom. The summed E-state index contributed by atoms with van der Waals surface area (Å²) in [4.78, 5) is 11.6. The summed E-state index contributed by atoms with van der Waals surface area (Å²) in [5, 5.41) is 52.1. The van der Waals surface area contributed by atoms with Crippen LogP contribution in [-0.2, 0) is 4.79 Å². The first-order valence-electron chi connectivity index (χ1n) is 15.5. The highest BCUT2D eigenvalue weighted by Gasteiger charge is 2.38. The molecule has 0 aromatic heterocycles. The van der Waals surface area contributed by atoms with E-state index in [2.05, 4.69) is 41.6 Å². The Morgan fingerprint density at radius 3 is 2.49 bits per heavy atom. The summed E-state index contributed by atoms with van der Waals surface area (Å²) in [5.74, 6) is 7.52. The summed E-state index contributed by atoms with van der Waals surface area (Å²) in [5.41, 5.74) is -1.52. The molecule has 0 aromatic rings. The fourth-order valence-corrected chi connectivity index (χ4v) is 7.73. The number of aliphatic hydroxyl groups is 3. The smallest absolute Gasteiger partial charge is 0.306 e. The third kappa shape index (κ3) is 8.64. The van der Waals surface area contributed by atoms with Crippen molar-refractivity contribution < 1.29 is 25.2 Å². The van der Waals surface area contributed by atoms with Crippen LogP contribution in [0.4, 0.5) is 0 Å². The van der Waals surface area contributed by atoms with E-state index in [-0.39, 0.29) is 55.1 Å². The second-order valence-corrected chi connectivity index (χ2v) is 13.7. The molecule has 222 valence electrons. The Morgan fingerprint density at radius 2 is 1.79 bits per heavy atom.